The largest absolute Gasteiger partial charge is 0.508 e. The van der Waals surface area contributed by atoms with Gasteiger partial charge in [0.2, 0.25) is 53.2 Å². The van der Waals surface area contributed by atoms with Gasteiger partial charge < -0.3 is 79.1 Å². The zero-order valence-electron chi connectivity index (χ0n) is 46.0. The zero-order valence-corrected chi connectivity index (χ0v) is 46.0. The van der Waals surface area contributed by atoms with Crippen LogP contribution >= 0.6 is 0 Å². The number of amides is 9. The van der Waals surface area contributed by atoms with Crippen LogP contribution in [0.4, 0.5) is 0 Å². The fourth-order valence-electron chi connectivity index (χ4n) is 8.03. The van der Waals surface area contributed by atoms with Gasteiger partial charge in [-0.3, -0.25) is 52.7 Å². The third-order valence-electron chi connectivity index (χ3n) is 12.4. The number of hydrogen-bond donors (Lipinski definition) is 15. The van der Waals surface area contributed by atoms with Gasteiger partial charge in [0.15, 0.2) is 0 Å². The van der Waals surface area contributed by atoms with E-state index in [2.05, 4.69) is 47.9 Å². The van der Waals surface area contributed by atoms with Crippen LogP contribution in [-0.2, 0) is 76.8 Å². The van der Waals surface area contributed by atoms with Crippen LogP contribution in [0.15, 0.2) is 84.9 Å². The van der Waals surface area contributed by atoms with E-state index in [-0.39, 0.29) is 37.4 Å². The molecule has 0 saturated carbocycles. The first-order valence-corrected chi connectivity index (χ1v) is 26.3. The van der Waals surface area contributed by atoms with Crippen LogP contribution in [0.1, 0.15) is 77.0 Å². The molecule has 3 aromatic rings. The van der Waals surface area contributed by atoms with E-state index in [1.807, 2.05) is 0 Å². The van der Waals surface area contributed by atoms with Crippen LogP contribution in [0, 0.1) is 11.8 Å². The average Bonchev–Trinajstić information content (AvgIpc) is 3.42. The molecule has 3 aromatic carbocycles. The molecule has 0 bridgehead atoms. The molecule has 9 amide bonds. The van der Waals surface area contributed by atoms with Crippen molar-refractivity contribution < 1.29 is 83.1 Å². The number of nitrogens with two attached hydrogens (primary N) is 1. The number of carboxylic acid groups (broad SMARTS) is 3. The summed E-state index contributed by atoms with van der Waals surface area (Å²) < 4.78 is 0. The molecule has 0 heterocycles. The van der Waals surface area contributed by atoms with Crippen molar-refractivity contribution >= 4 is 71.1 Å². The lowest BCUT2D eigenvalue weighted by Gasteiger charge is -2.28. The molecule has 446 valence electrons. The fraction of sp³-hybridized carbons (Fsp3) is 0.455. The molecule has 16 N–H and O–H groups in total. The van der Waals surface area contributed by atoms with Crippen molar-refractivity contribution in [2.24, 2.45) is 17.6 Å². The van der Waals surface area contributed by atoms with Gasteiger partial charge in [-0.05, 0) is 66.8 Å². The van der Waals surface area contributed by atoms with E-state index in [4.69, 9.17) is 5.73 Å². The van der Waals surface area contributed by atoms with Crippen molar-refractivity contribution in [1.29, 1.82) is 0 Å². The maximum atomic E-state index is 14.2. The molecule has 0 aliphatic carbocycles. The monoisotopic (exact) mass is 1150 g/mol. The highest BCUT2D eigenvalue weighted by molar-refractivity contribution is 5.99. The summed E-state index contributed by atoms with van der Waals surface area (Å²) in [6.07, 6.45) is -4.16. The number of carbonyl (C=O) groups excluding carboxylic acids is 9. The first kappa shape index (κ1) is 67.3. The number of benzene rings is 3. The van der Waals surface area contributed by atoms with Gasteiger partial charge in [-0.2, -0.15) is 0 Å². The van der Waals surface area contributed by atoms with Gasteiger partial charge in [0.1, 0.15) is 48.0 Å². The molecule has 0 aliphatic rings. The summed E-state index contributed by atoms with van der Waals surface area (Å²) in [5, 5.41) is 70.4. The molecule has 27 nitrogen and oxygen atoms in total. The molecule has 82 heavy (non-hydrogen) atoms. The predicted molar refractivity (Wildman–Crippen MR) is 292 cm³/mol. The smallest absolute Gasteiger partial charge is 0.326 e. The quantitative estimate of drug-likeness (QED) is 0.0304. The Kier molecular flexibility index (Phi) is 27.6. The Morgan fingerprint density at radius 2 is 0.915 bits per heavy atom. The lowest BCUT2D eigenvalue weighted by molar-refractivity contribution is -0.142. The number of hydrogen-bond acceptors (Lipinski definition) is 15. The van der Waals surface area contributed by atoms with Crippen molar-refractivity contribution in [3.05, 3.63) is 102 Å². The second-order valence-electron chi connectivity index (χ2n) is 20.2. The number of nitrogens with one attached hydrogen (secondary N) is 9. The molecule has 0 fully saturated rings. The Labute approximate surface area is 472 Å². The highest BCUT2D eigenvalue weighted by Crippen LogP contribution is 2.14. The number of phenolic OH excluding ortho intramolecular Hbond substituents is 1. The lowest BCUT2D eigenvalue weighted by atomic mass is 10.0. The fourth-order valence-corrected chi connectivity index (χ4v) is 8.03. The third-order valence-corrected chi connectivity index (χ3v) is 12.4. The molecule has 0 unspecified atom stereocenters. The minimum Gasteiger partial charge on any atom is -0.508 e. The first-order chi connectivity index (χ1) is 38.6. The maximum absolute atomic E-state index is 14.2. The SMILES string of the molecule is CC(C)C[C@H](NC(=O)CNC(=O)[C@H](CCC(=O)O)NC(=O)CNC(=O)[C@@H](NC(=O)[C@H](Cc1ccccc1)NC(=O)[C@H](CC(=O)O)NC(=O)[C@@H](NC(=O)[C@H](Cc1ccc(O)cc1)NC(=O)[C@@H](N)Cc1ccccc1)[C@@H](C)O)C(C)C)C(=O)O. The Morgan fingerprint density at radius 1 is 0.463 bits per heavy atom. The van der Waals surface area contributed by atoms with E-state index in [1.54, 1.807) is 74.5 Å². The zero-order chi connectivity index (χ0) is 61.2. The summed E-state index contributed by atoms with van der Waals surface area (Å²) in [6.45, 7) is 6.10. The molecule has 0 aliphatic heterocycles. The van der Waals surface area contributed by atoms with Crippen molar-refractivity contribution in [3.63, 3.8) is 0 Å². The second-order valence-corrected chi connectivity index (χ2v) is 20.2. The number of rotatable bonds is 34. The van der Waals surface area contributed by atoms with E-state index in [1.165, 1.54) is 38.1 Å². The van der Waals surface area contributed by atoms with E-state index in [0.29, 0.717) is 11.1 Å². The Hall–Kier alpha value is -8.98. The number of aliphatic carboxylic acids is 3. The Balaban J connectivity index is 1.79. The summed E-state index contributed by atoms with van der Waals surface area (Å²) in [4.78, 5) is 157. The van der Waals surface area contributed by atoms with Crippen molar-refractivity contribution in [3.8, 4) is 5.75 Å². The van der Waals surface area contributed by atoms with Crippen LogP contribution in [-0.4, -0.2) is 164 Å². The number of aliphatic hydroxyl groups is 1. The lowest BCUT2D eigenvalue weighted by Crippen LogP contribution is -2.62. The first-order valence-electron chi connectivity index (χ1n) is 26.3. The number of carboxylic acids is 3. The average molecular weight is 1150 g/mol. The van der Waals surface area contributed by atoms with Crippen LogP contribution < -0.4 is 53.6 Å². The summed E-state index contributed by atoms with van der Waals surface area (Å²) in [5.74, 6) is -14.2. The molecular weight excluding hydrogens is 1070 g/mol. The number of aliphatic hydroxyl groups excluding tert-OH is 1. The summed E-state index contributed by atoms with van der Waals surface area (Å²) in [5.41, 5.74) is 7.84. The molecule has 27 heteroatoms. The number of aromatic hydroxyl groups is 1. The number of phenols is 1. The van der Waals surface area contributed by atoms with Crippen molar-refractivity contribution in [2.75, 3.05) is 13.1 Å². The number of carbonyl (C=O) groups is 12. The molecular formula is C55H74N10O17. The van der Waals surface area contributed by atoms with Crippen LogP contribution in [0.3, 0.4) is 0 Å². The van der Waals surface area contributed by atoms with Gasteiger partial charge in [0.25, 0.3) is 0 Å². The highest BCUT2D eigenvalue weighted by Gasteiger charge is 2.36. The van der Waals surface area contributed by atoms with Crippen molar-refractivity contribution in [1.82, 2.24) is 47.9 Å². The topological polar surface area (TPSA) is 440 Å². The molecule has 0 aromatic heterocycles. The minimum atomic E-state index is -1.97. The molecule has 0 radical (unpaired) electrons. The van der Waals surface area contributed by atoms with E-state index in [0.717, 1.165) is 12.5 Å². The predicted octanol–water partition coefficient (Wildman–Crippen LogP) is -2.12. The van der Waals surface area contributed by atoms with Crippen LogP contribution in [0.25, 0.3) is 0 Å². The summed E-state index contributed by atoms with van der Waals surface area (Å²) >= 11 is 0. The third kappa shape index (κ3) is 24.2. The minimum absolute atomic E-state index is 0.0875. The second kappa shape index (κ2) is 33.6. The summed E-state index contributed by atoms with van der Waals surface area (Å²) in [7, 11) is 0. The molecule has 3 rings (SSSR count). The van der Waals surface area contributed by atoms with E-state index < -0.39 is 164 Å². The van der Waals surface area contributed by atoms with Gasteiger partial charge in [0, 0.05) is 19.3 Å². The van der Waals surface area contributed by atoms with Gasteiger partial charge in [-0.15, -0.1) is 0 Å². The maximum Gasteiger partial charge on any atom is 0.326 e. The van der Waals surface area contributed by atoms with E-state index in [9.17, 15) is 83.1 Å². The van der Waals surface area contributed by atoms with Gasteiger partial charge in [-0.25, -0.2) is 4.79 Å². The standard InChI is InChI=1S/C55H74N10O17/c1-29(2)22-41(55(81)82)60-43(69)27-57-49(75)37(20-21-44(70)71)59-42(68)28-58-53(79)46(30(3)4)64-51(77)39(24-33-14-10-7-11-15-33)62-50(76)40(26-45(72)73)63-54(80)47(31(5)66)65-52(78)38(25-34-16-18-35(67)19-17-34)61-48(74)36(56)23-32-12-8-6-9-13-32/h6-19,29-31,36-41,46-47,66-67H,20-28,56H2,1-5H3,(H,57,75)(H,58,79)(H,59,68)(H,60,69)(H,61,74)(H,62,76)(H,63,80)(H,64,77)(H,65,78)(H,70,71)(H,72,73)(H,81,82)/t31-,36+,37+,38+,39+,40+,41+,46+,47+/m1/s1. The van der Waals surface area contributed by atoms with Crippen molar-refractivity contribution in [2.45, 2.75) is 134 Å². The Morgan fingerprint density at radius 3 is 1.39 bits per heavy atom. The van der Waals surface area contributed by atoms with Gasteiger partial charge in [0.05, 0.1) is 31.7 Å². The summed E-state index contributed by atoms with van der Waals surface area (Å²) in [6, 6.07) is 10.3. The van der Waals surface area contributed by atoms with Crippen LogP contribution in [0.5, 0.6) is 5.75 Å². The van der Waals surface area contributed by atoms with Crippen LogP contribution in [0.2, 0.25) is 0 Å². The highest BCUT2D eigenvalue weighted by atomic mass is 16.4. The van der Waals surface area contributed by atoms with E-state index >= 15 is 0 Å². The molecule has 9 atom stereocenters. The molecule has 0 spiro atoms. The normalized spacial score (nSPS) is 14.3. The Bertz CT molecular complexity index is 2690. The van der Waals surface area contributed by atoms with Gasteiger partial charge in [-0.1, -0.05) is 100 Å². The van der Waals surface area contributed by atoms with Gasteiger partial charge >= 0.3 is 17.9 Å². The molecule has 0 saturated heterocycles.